The number of rotatable bonds is 7. The van der Waals surface area contributed by atoms with Crippen LogP contribution in [0.4, 0.5) is 16.0 Å². The van der Waals surface area contributed by atoms with Crippen LogP contribution in [0.2, 0.25) is 0 Å². The van der Waals surface area contributed by atoms with Gasteiger partial charge in [-0.05, 0) is 75.8 Å². The van der Waals surface area contributed by atoms with Crippen LogP contribution in [-0.4, -0.2) is 35.9 Å². The standard InChI is InChI=1S/C27H31FN8O/c1-16-10-23(32-24(11-16)33-25-12-17(2)34-35-25)19-4-6-20(7-5-19)27(37)31-18(3)21-8-9-26(29-13-21)36-15-22(28)14-30-36/h8-15,18-20H,4-7H2,1-3H3,(H,31,37)(H2,32,33,34,35)/t18-,19-,20+/m0/s1. The molecular weight excluding hydrogens is 471 g/mol. The Morgan fingerprint density at radius 3 is 2.57 bits per heavy atom. The van der Waals surface area contributed by atoms with E-state index in [4.69, 9.17) is 4.98 Å². The van der Waals surface area contributed by atoms with Gasteiger partial charge in [-0.2, -0.15) is 10.2 Å². The van der Waals surface area contributed by atoms with Crippen LogP contribution < -0.4 is 10.6 Å². The van der Waals surface area contributed by atoms with Crippen LogP contribution in [0.15, 0.2) is 48.9 Å². The van der Waals surface area contributed by atoms with Crippen molar-refractivity contribution < 1.29 is 9.18 Å². The topological polar surface area (TPSA) is 113 Å². The number of aryl methyl sites for hydroxylation is 2. The highest BCUT2D eigenvalue weighted by atomic mass is 19.1. The molecule has 1 saturated carbocycles. The third-order valence-electron chi connectivity index (χ3n) is 6.88. The molecule has 10 heteroatoms. The van der Waals surface area contributed by atoms with E-state index in [9.17, 15) is 9.18 Å². The maximum absolute atomic E-state index is 13.2. The van der Waals surface area contributed by atoms with Gasteiger partial charge in [0.25, 0.3) is 0 Å². The lowest BCUT2D eigenvalue weighted by molar-refractivity contribution is -0.126. The summed E-state index contributed by atoms with van der Waals surface area (Å²) in [6.45, 7) is 5.97. The van der Waals surface area contributed by atoms with Gasteiger partial charge in [0.15, 0.2) is 17.5 Å². The Bertz CT molecular complexity index is 1370. The molecule has 9 nitrogen and oxygen atoms in total. The molecule has 0 aromatic carbocycles. The van der Waals surface area contributed by atoms with Gasteiger partial charge in [0.05, 0.1) is 18.4 Å². The van der Waals surface area contributed by atoms with Crippen molar-refractivity contribution in [3.05, 3.63) is 77.3 Å². The SMILES string of the molecule is Cc1cc(Nc2cc(C)[nH]n2)nc([C@H]2CC[C@@H](C(=O)N[C@@H](C)c3ccc(-n4cc(F)cn4)nc3)CC2)c1. The third-order valence-corrected chi connectivity index (χ3v) is 6.88. The molecule has 4 aromatic heterocycles. The Morgan fingerprint density at radius 1 is 1.11 bits per heavy atom. The van der Waals surface area contributed by atoms with Crippen molar-refractivity contribution in [2.24, 2.45) is 5.92 Å². The average molecular weight is 503 g/mol. The second kappa shape index (κ2) is 10.5. The molecule has 3 N–H and O–H groups in total. The maximum Gasteiger partial charge on any atom is 0.223 e. The van der Waals surface area contributed by atoms with Gasteiger partial charge in [-0.15, -0.1) is 0 Å². The van der Waals surface area contributed by atoms with Gasteiger partial charge < -0.3 is 10.6 Å². The van der Waals surface area contributed by atoms with Crippen molar-refractivity contribution in [3.63, 3.8) is 0 Å². The monoisotopic (exact) mass is 502 g/mol. The molecule has 0 unspecified atom stereocenters. The van der Waals surface area contributed by atoms with E-state index < -0.39 is 5.82 Å². The minimum Gasteiger partial charge on any atom is -0.349 e. The fourth-order valence-electron chi connectivity index (χ4n) is 4.86. The fraction of sp³-hybridized carbons (Fsp3) is 0.370. The van der Waals surface area contributed by atoms with Gasteiger partial charge in [-0.3, -0.25) is 9.89 Å². The second-order valence-corrected chi connectivity index (χ2v) is 9.85. The number of amides is 1. The number of halogens is 1. The Kier molecular flexibility index (Phi) is 6.98. The van der Waals surface area contributed by atoms with Gasteiger partial charge in [0.2, 0.25) is 5.91 Å². The number of nitrogens with zero attached hydrogens (tertiary/aromatic N) is 5. The largest absolute Gasteiger partial charge is 0.349 e. The molecule has 192 valence electrons. The van der Waals surface area contributed by atoms with Gasteiger partial charge in [-0.1, -0.05) is 6.07 Å². The van der Waals surface area contributed by atoms with Crippen LogP contribution in [0.5, 0.6) is 0 Å². The maximum atomic E-state index is 13.2. The van der Waals surface area contributed by atoms with Crippen LogP contribution in [0.1, 0.15) is 67.1 Å². The fourth-order valence-corrected chi connectivity index (χ4v) is 4.86. The highest BCUT2D eigenvalue weighted by molar-refractivity contribution is 5.79. The van der Waals surface area contributed by atoms with Crippen molar-refractivity contribution >= 4 is 17.5 Å². The zero-order valence-corrected chi connectivity index (χ0v) is 21.2. The van der Waals surface area contributed by atoms with Crippen molar-refractivity contribution in [1.29, 1.82) is 0 Å². The number of carbonyl (C=O) groups is 1. The summed E-state index contributed by atoms with van der Waals surface area (Å²) in [5.74, 6) is 2.01. The molecule has 0 bridgehead atoms. The van der Waals surface area contributed by atoms with E-state index in [1.165, 1.54) is 10.9 Å². The van der Waals surface area contributed by atoms with Gasteiger partial charge in [-0.25, -0.2) is 19.0 Å². The summed E-state index contributed by atoms with van der Waals surface area (Å²) < 4.78 is 14.6. The first-order valence-electron chi connectivity index (χ1n) is 12.6. The lowest BCUT2D eigenvalue weighted by Gasteiger charge is -2.29. The Balaban J connectivity index is 1.16. The van der Waals surface area contributed by atoms with Crippen LogP contribution in [0.25, 0.3) is 5.82 Å². The molecule has 1 atom stereocenters. The average Bonchev–Trinajstić information content (AvgIpc) is 3.51. The molecule has 37 heavy (non-hydrogen) atoms. The number of aromatic nitrogens is 6. The van der Waals surface area contributed by atoms with Crippen molar-refractivity contribution in [1.82, 2.24) is 35.3 Å². The summed E-state index contributed by atoms with van der Waals surface area (Å²) in [4.78, 5) is 22.2. The van der Waals surface area contributed by atoms with Crippen LogP contribution in [-0.2, 0) is 4.79 Å². The third kappa shape index (κ3) is 5.84. The number of nitrogens with one attached hydrogen (secondary N) is 3. The molecule has 1 aliphatic carbocycles. The molecule has 4 aromatic rings. The van der Waals surface area contributed by atoms with E-state index in [-0.39, 0.29) is 17.9 Å². The molecule has 0 spiro atoms. The lowest BCUT2D eigenvalue weighted by atomic mass is 9.79. The summed E-state index contributed by atoms with van der Waals surface area (Å²) >= 11 is 0. The van der Waals surface area contributed by atoms with Crippen molar-refractivity contribution in [3.8, 4) is 5.82 Å². The van der Waals surface area contributed by atoms with E-state index in [1.54, 1.807) is 12.3 Å². The first kappa shape index (κ1) is 24.6. The number of H-pyrrole nitrogens is 1. The predicted molar refractivity (Wildman–Crippen MR) is 138 cm³/mol. The molecule has 5 rings (SSSR count). The molecule has 0 saturated heterocycles. The van der Waals surface area contributed by atoms with Gasteiger partial charge >= 0.3 is 0 Å². The lowest BCUT2D eigenvalue weighted by Crippen LogP contribution is -2.34. The zero-order chi connectivity index (χ0) is 25.9. The van der Waals surface area contributed by atoms with Gasteiger partial charge in [0, 0.05) is 35.5 Å². The van der Waals surface area contributed by atoms with E-state index in [0.717, 1.165) is 66.0 Å². The molecule has 4 heterocycles. The minimum absolute atomic E-state index is 0.0209. The van der Waals surface area contributed by atoms with Crippen LogP contribution in [0, 0.1) is 25.6 Å². The Hall–Kier alpha value is -4.08. The molecule has 1 amide bonds. The first-order valence-corrected chi connectivity index (χ1v) is 12.6. The molecule has 1 fully saturated rings. The van der Waals surface area contributed by atoms with E-state index in [0.29, 0.717) is 11.7 Å². The number of hydrogen-bond acceptors (Lipinski definition) is 6. The number of hydrogen-bond donors (Lipinski definition) is 3. The number of aromatic amines is 1. The minimum atomic E-state index is -0.416. The van der Waals surface area contributed by atoms with Crippen molar-refractivity contribution in [2.45, 2.75) is 58.4 Å². The summed E-state index contributed by atoms with van der Waals surface area (Å²) in [7, 11) is 0. The summed E-state index contributed by atoms with van der Waals surface area (Å²) in [6.07, 6.45) is 7.58. The van der Waals surface area contributed by atoms with E-state index >= 15 is 0 Å². The van der Waals surface area contributed by atoms with E-state index in [1.807, 2.05) is 32.0 Å². The Morgan fingerprint density at radius 2 is 1.92 bits per heavy atom. The quantitative estimate of drug-likeness (QED) is 0.326. The molecule has 1 aliphatic rings. The van der Waals surface area contributed by atoms with Crippen LogP contribution in [0.3, 0.4) is 0 Å². The van der Waals surface area contributed by atoms with Crippen LogP contribution >= 0.6 is 0 Å². The normalized spacial score (nSPS) is 18.4. The number of anilines is 2. The smallest absolute Gasteiger partial charge is 0.223 e. The second-order valence-electron chi connectivity index (χ2n) is 9.85. The number of pyridine rings is 2. The molecule has 0 radical (unpaired) electrons. The van der Waals surface area contributed by atoms with Gasteiger partial charge in [0.1, 0.15) is 5.82 Å². The van der Waals surface area contributed by atoms with E-state index in [2.05, 4.69) is 43.9 Å². The highest BCUT2D eigenvalue weighted by Crippen LogP contribution is 2.36. The summed E-state index contributed by atoms with van der Waals surface area (Å²) in [6, 6.07) is 9.56. The zero-order valence-electron chi connectivity index (χ0n) is 21.2. The number of carbonyl (C=O) groups excluding carboxylic acids is 1. The summed E-state index contributed by atoms with van der Waals surface area (Å²) in [5, 5.41) is 17.5. The Labute approximate surface area is 214 Å². The summed E-state index contributed by atoms with van der Waals surface area (Å²) in [5.41, 5.74) is 4.07. The predicted octanol–water partition coefficient (Wildman–Crippen LogP) is 5.04. The van der Waals surface area contributed by atoms with Crippen molar-refractivity contribution in [2.75, 3.05) is 5.32 Å². The highest BCUT2D eigenvalue weighted by Gasteiger charge is 2.29. The molecular formula is C27H31FN8O. The first-order chi connectivity index (χ1) is 17.8. The molecule has 0 aliphatic heterocycles.